The van der Waals surface area contributed by atoms with E-state index < -0.39 is 5.97 Å². The lowest BCUT2D eigenvalue weighted by atomic mass is 10.1. The summed E-state index contributed by atoms with van der Waals surface area (Å²) >= 11 is 6.22. The van der Waals surface area contributed by atoms with Crippen LogP contribution in [0.5, 0.6) is 5.75 Å². The van der Waals surface area contributed by atoms with Gasteiger partial charge < -0.3 is 14.4 Å². The van der Waals surface area contributed by atoms with Gasteiger partial charge >= 0.3 is 5.97 Å². The zero-order valence-corrected chi connectivity index (χ0v) is 11.7. The Kier molecular flexibility index (Phi) is 4.00. The molecule has 4 nitrogen and oxygen atoms in total. The number of ether oxygens (including phenoxy) is 1. The number of hydrogen-bond donors (Lipinski definition) is 1. The number of rotatable bonds is 5. The molecule has 1 N–H and O–H groups in total. The monoisotopic (exact) mass is 281 g/mol. The number of nitrogens with zero attached hydrogens (tertiary/aromatic N) is 1. The Hall–Kier alpha value is -1.68. The summed E-state index contributed by atoms with van der Waals surface area (Å²) in [5.74, 6) is -0.391. The zero-order chi connectivity index (χ0) is 14.0. The Balaban J connectivity index is 2.68. The van der Waals surface area contributed by atoms with Crippen LogP contribution in [0.1, 0.15) is 30.1 Å². The molecule has 1 heterocycles. The molecule has 102 valence electrons. The number of methoxy groups -OCH3 is 1. The van der Waals surface area contributed by atoms with Crippen molar-refractivity contribution in [2.45, 2.75) is 26.3 Å². The summed E-state index contributed by atoms with van der Waals surface area (Å²) in [6.45, 7) is 2.80. The van der Waals surface area contributed by atoms with E-state index in [1.807, 2.05) is 16.7 Å². The van der Waals surface area contributed by atoms with Crippen molar-refractivity contribution in [2.24, 2.45) is 0 Å². The van der Waals surface area contributed by atoms with Gasteiger partial charge in [-0.2, -0.15) is 0 Å². The second-order valence-corrected chi connectivity index (χ2v) is 4.72. The molecule has 0 aliphatic carbocycles. The molecule has 0 amide bonds. The summed E-state index contributed by atoms with van der Waals surface area (Å²) in [4.78, 5) is 11.4. The second-order valence-electron chi connectivity index (χ2n) is 4.36. The lowest BCUT2D eigenvalue weighted by Crippen LogP contribution is -2.00. The second kappa shape index (κ2) is 5.53. The van der Waals surface area contributed by atoms with Crippen LogP contribution < -0.4 is 4.74 Å². The maximum atomic E-state index is 11.4. The molecule has 0 saturated carbocycles. The minimum absolute atomic E-state index is 0.145. The summed E-state index contributed by atoms with van der Waals surface area (Å²) in [6.07, 6.45) is 1.98. The van der Waals surface area contributed by atoms with Gasteiger partial charge in [0.1, 0.15) is 16.5 Å². The van der Waals surface area contributed by atoms with E-state index in [9.17, 15) is 9.90 Å². The molecule has 0 aliphatic rings. The van der Waals surface area contributed by atoms with Crippen LogP contribution >= 0.6 is 11.6 Å². The third kappa shape index (κ3) is 2.40. The van der Waals surface area contributed by atoms with E-state index in [4.69, 9.17) is 16.3 Å². The molecule has 0 radical (unpaired) electrons. The molecule has 0 saturated heterocycles. The van der Waals surface area contributed by atoms with Crippen molar-refractivity contribution in [3.63, 3.8) is 0 Å². The smallest absolute Gasteiger partial charge is 0.339 e. The van der Waals surface area contributed by atoms with Crippen molar-refractivity contribution >= 4 is 28.5 Å². The van der Waals surface area contributed by atoms with E-state index in [0.717, 1.165) is 18.4 Å². The first-order valence-electron chi connectivity index (χ1n) is 6.19. The highest BCUT2D eigenvalue weighted by Crippen LogP contribution is 2.33. The third-order valence-corrected chi connectivity index (χ3v) is 3.55. The number of fused-ring (bicyclic) bond motifs is 1. The van der Waals surface area contributed by atoms with Gasteiger partial charge in [-0.25, -0.2) is 4.79 Å². The predicted octanol–water partition coefficient (Wildman–Crippen LogP) is 3.80. The highest BCUT2D eigenvalue weighted by molar-refractivity contribution is 6.35. The van der Waals surface area contributed by atoms with Crippen LogP contribution in [-0.2, 0) is 6.54 Å². The average molecular weight is 282 g/mol. The quantitative estimate of drug-likeness (QED) is 0.907. The molecule has 0 fully saturated rings. The molecule has 0 atom stereocenters. The summed E-state index contributed by atoms with van der Waals surface area (Å²) < 4.78 is 6.99. The Morgan fingerprint density at radius 2 is 2.21 bits per heavy atom. The number of unbranched alkanes of at least 4 members (excludes halogenated alkanes) is 1. The molecule has 2 aromatic rings. The molecule has 0 aliphatic heterocycles. The van der Waals surface area contributed by atoms with Crippen molar-refractivity contribution in [3.8, 4) is 5.75 Å². The minimum Gasteiger partial charge on any atom is -0.497 e. The fourth-order valence-corrected chi connectivity index (χ4v) is 2.53. The molecule has 2 rings (SSSR count). The van der Waals surface area contributed by atoms with Crippen molar-refractivity contribution in [3.05, 3.63) is 28.9 Å². The number of carboxylic acid groups (broad SMARTS) is 1. The maximum absolute atomic E-state index is 11.4. The summed E-state index contributed by atoms with van der Waals surface area (Å²) in [6, 6.07) is 5.38. The largest absolute Gasteiger partial charge is 0.497 e. The van der Waals surface area contributed by atoms with E-state index in [-0.39, 0.29) is 10.7 Å². The first-order valence-corrected chi connectivity index (χ1v) is 6.57. The minimum atomic E-state index is -1.02. The lowest BCUT2D eigenvalue weighted by Gasteiger charge is -2.06. The van der Waals surface area contributed by atoms with E-state index in [1.165, 1.54) is 0 Å². The molecular weight excluding hydrogens is 266 g/mol. The van der Waals surface area contributed by atoms with E-state index >= 15 is 0 Å². The van der Waals surface area contributed by atoms with Crippen molar-refractivity contribution in [1.82, 2.24) is 4.57 Å². The van der Waals surface area contributed by atoms with Gasteiger partial charge in [0, 0.05) is 11.9 Å². The average Bonchev–Trinajstić information content (AvgIpc) is 2.67. The van der Waals surface area contributed by atoms with Crippen molar-refractivity contribution < 1.29 is 14.6 Å². The molecule has 0 bridgehead atoms. The number of carboxylic acids is 1. The van der Waals surface area contributed by atoms with Gasteiger partial charge in [0.25, 0.3) is 0 Å². The summed E-state index contributed by atoms with van der Waals surface area (Å²) in [5.41, 5.74) is 0.975. The SMILES string of the molecule is CCCCn1c(Cl)c(C(=O)O)c2cc(OC)ccc21. The molecule has 1 aromatic carbocycles. The van der Waals surface area contributed by atoms with Gasteiger partial charge in [-0.3, -0.25) is 0 Å². The van der Waals surface area contributed by atoms with Gasteiger partial charge in [-0.15, -0.1) is 0 Å². The molecule has 5 heteroatoms. The first-order chi connectivity index (χ1) is 9.10. The lowest BCUT2D eigenvalue weighted by molar-refractivity contribution is 0.0699. The number of aryl methyl sites for hydroxylation is 1. The molecule has 0 unspecified atom stereocenters. The topological polar surface area (TPSA) is 51.5 Å². The fraction of sp³-hybridized carbons (Fsp3) is 0.357. The zero-order valence-electron chi connectivity index (χ0n) is 10.9. The molecule has 19 heavy (non-hydrogen) atoms. The van der Waals surface area contributed by atoms with Crippen molar-refractivity contribution in [2.75, 3.05) is 7.11 Å². The third-order valence-electron chi connectivity index (χ3n) is 3.16. The number of carbonyl (C=O) groups is 1. The summed E-state index contributed by atoms with van der Waals surface area (Å²) in [7, 11) is 1.55. The van der Waals surface area contributed by atoms with Crippen molar-refractivity contribution in [1.29, 1.82) is 0 Å². The van der Waals surface area contributed by atoms with Gasteiger partial charge in [-0.05, 0) is 24.6 Å². The Morgan fingerprint density at radius 1 is 1.47 bits per heavy atom. The van der Waals surface area contributed by atoms with Gasteiger partial charge in [0.05, 0.1) is 12.6 Å². The van der Waals surface area contributed by atoms with Crippen LogP contribution in [-0.4, -0.2) is 22.8 Å². The standard InChI is InChI=1S/C14H16ClNO3/c1-3-4-7-16-11-6-5-9(19-2)8-10(11)12(13(16)15)14(17)18/h5-6,8H,3-4,7H2,1-2H3,(H,17,18). The van der Waals surface area contributed by atoms with Crippen LogP contribution in [0.25, 0.3) is 10.9 Å². The number of aromatic carboxylic acids is 1. The Morgan fingerprint density at radius 3 is 2.79 bits per heavy atom. The number of benzene rings is 1. The normalized spacial score (nSPS) is 10.9. The predicted molar refractivity (Wildman–Crippen MR) is 75.4 cm³/mol. The maximum Gasteiger partial charge on any atom is 0.339 e. The van der Waals surface area contributed by atoms with Crippen LogP contribution in [0.15, 0.2) is 18.2 Å². The Bertz CT molecular complexity index is 619. The van der Waals surface area contributed by atoms with Gasteiger partial charge in [0.15, 0.2) is 0 Å². The van der Waals surface area contributed by atoms with Crippen LogP contribution in [0.4, 0.5) is 0 Å². The van der Waals surface area contributed by atoms with Crippen LogP contribution in [0.2, 0.25) is 5.15 Å². The van der Waals surface area contributed by atoms with E-state index in [2.05, 4.69) is 6.92 Å². The van der Waals surface area contributed by atoms with Crippen LogP contribution in [0, 0.1) is 0 Å². The van der Waals surface area contributed by atoms with Gasteiger partial charge in [-0.1, -0.05) is 24.9 Å². The molecular formula is C14H16ClNO3. The van der Waals surface area contributed by atoms with Gasteiger partial charge in [0.2, 0.25) is 0 Å². The summed E-state index contributed by atoms with van der Waals surface area (Å²) in [5, 5.41) is 10.2. The highest BCUT2D eigenvalue weighted by atomic mass is 35.5. The van der Waals surface area contributed by atoms with E-state index in [0.29, 0.717) is 17.7 Å². The first kappa shape index (κ1) is 13.7. The van der Waals surface area contributed by atoms with E-state index in [1.54, 1.807) is 13.2 Å². The Labute approximate surface area is 116 Å². The number of aromatic nitrogens is 1. The molecule has 0 spiro atoms. The number of halogens is 1. The highest BCUT2D eigenvalue weighted by Gasteiger charge is 2.21. The molecule has 1 aromatic heterocycles. The van der Waals surface area contributed by atoms with Crippen LogP contribution in [0.3, 0.4) is 0 Å². The fourth-order valence-electron chi connectivity index (χ4n) is 2.17. The number of hydrogen-bond acceptors (Lipinski definition) is 2.